The van der Waals surface area contributed by atoms with E-state index in [0.717, 1.165) is 17.9 Å². The maximum absolute atomic E-state index is 6.30. The van der Waals surface area contributed by atoms with Crippen LogP contribution in [-0.4, -0.2) is 6.04 Å². The molecular formula is C13H16ClN. The molecule has 0 bridgehead atoms. The fourth-order valence-electron chi connectivity index (χ4n) is 3.25. The quantitative estimate of drug-likeness (QED) is 0.716. The molecular weight excluding hydrogens is 206 g/mol. The Morgan fingerprint density at radius 1 is 1.33 bits per heavy atom. The fraction of sp³-hybridized carbons (Fsp3) is 0.538. The average Bonchev–Trinajstić information content (AvgIpc) is 2.15. The van der Waals surface area contributed by atoms with E-state index >= 15 is 0 Å². The van der Waals surface area contributed by atoms with Gasteiger partial charge in [-0.1, -0.05) is 30.2 Å². The molecule has 0 amide bonds. The average molecular weight is 222 g/mol. The molecule has 1 atom stereocenters. The van der Waals surface area contributed by atoms with Gasteiger partial charge in [0.2, 0.25) is 0 Å². The summed E-state index contributed by atoms with van der Waals surface area (Å²) in [6.45, 7) is 0. The van der Waals surface area contributed by atoms with Crippen molar-refractivity contribution in [1.29, 1.82) is 0 Å². The van der Waals surface area contributed by atoms with Crippen molar-refractivity contribution >= 4 is 11.6 Å². The van der Waals surface area contributed by atoms with E-state index in [9.17, 15) is 0 Å². The van der Waals surface area contributed by atoms with Gasteiger partial charge in [0.15, 0.2) is 0 Å². The number of rotatable bonds is 0. The number of nitrogens with two attached hydrogens (primary N) is 1. The third kappa shape index (κ3) is 1.20. The maximum Gasteiger partial charge on any atom is 0.0440 e. The van der Waals surface area contributed by atoms with E-state index in [1.807, 2.05) is 6.07 Å². The van der Waals surface area contributed by atoms with Crippen molar-refractivity contribution < 1.29 is 0 Å². The topological polar surface area (TPSA) is 26.0 Å². The van der Waals surface area contributed by atoms with Gasteiger partial charge in [-0.05, 0) is 42.9 Å². The lowest BCUT2D eigenvalue weighted by atomic mass is 9.56. The third-order valence-electron chi connectivity index (χ3n) is 4.32. The molecule has 15 heavy (non-hydrogen) atoms. The molecule has 0 aromatic heterocycles. The second-order valence-corrected chi connectivity index (χ2v) is 5.33. The van der Waals surface area contributed by atoms with Crippen LogP contribution in [0.25, 0.3) is 0 Å². The monoisotopic (exact) mass is 221 g/mol. The van der Waals surface area contributed by atoms with Crippen molar-refractivity contribution in [3.05, 3.63) is 34.3 Å². The zero-order valence-corrected chi connectivity index (χ0v) is 9.56. The molecule has 2 aliphatic carbocycles. The van der Waals surface area contributed by atoms with Gasteiger partial charge in [0, 0.05) is 16.5 Å². The molecule has 1 aromatic rings. The van der Waals surface area contributed by atoms with Gasteiger partial charge in [-0.25, -0.2) is 0 Å². The van der Waals surface area contributed by atoms with Crippen LogP contribution < -0.4 is 5.73 Å². The Kier molecular flexibility index (Phi) is 2.08. The van der Waals surface area contributed by atoms with Gasteiger partial charge in [-0.3, -0.25) is 0 Å². The van der Waals surface area contributed by atoms with Crippen molar-refractivity contribution in [1.82, 2.24) is 0 Å². The Balaban J connectivity index is 2.16. The molecule has 2 N–H and O–H groups in total. The summed E-state index contributed by atoms with van der Waals surface area (Å²) in [5.41, 5.74) is 9.38. The van der Waals surface area contributed by atoms with Gasteiger partial charge in [0.1, 0.15) is 0 Å². The molecule has 1 fully saturated rings. The Morgan fingerprint density at radius 2 is 2.13 bits per heavy atom. The summed E-state index contributed by atoms with van der Waals surface area (Å²) in [6.07, 6.45) is 5.97. The lowest BCUT2D eigenvalue weighted by Crippen LogP contribution is -2.53. The number of hydrogen-bond donors (Lipinski definition) is 1. The van der Waals surface area contributed by atoms with Crippen LogP contribution in [0, 0.1) is 0 Å². The van der Waals surface area contributed by atoms with E-state index in [0.29, 0.717) is 6.04 Å². The number of halogens is 1. The minimum absolute atomic E-state index is 0.276. The van der Waals surface area contributed by atoms with Crippen molar-refractivity contribution in [2.24, 2.45) is 5.73 Å². The molecule has 0 saturated heterocycles. The summed E-state index contributed by atoms with van der Waals surface area (Å²) in [5.74, 6) is 0. The van der Waals surface area contributed by atoms with E-state index in [1.54, 1.807) is 0 Å². The number of benzene rings is 1. The molecule has 1 aromatic carbocycles. The van der Waals surface area contributed by atoms with Crippen LogP contribution in [0.15, 0.2) is 18.2 Å². The highest BCUT2D eigenvalue weighted by atomic mass is 35.5. The third-order valence-corrected chi connectivity index (χ3v) is 4.67. The molecule has 0 heterocycles. The Bertz CT molecular complexity index is 396. The van der Waals surface area contributed by atoms with E-state index in [2.05, 4.69) is 12.1 Å². The summed E-state index contributed by atoms with van der Waals surface area (Å²) in [4.78, 5) is 0. The highest BCUT2D eigenvalue weighted by Gasteiger charge is 2.47. The fourth-order valence-corrected chi connectivity index (χ4v) is 3.52. The van der Waals surface area contributed by atoms with Crippen LogP contribution in [0.5, 0.6) is 0 Å². The first-order valence-electron chi connectivity index (χ1n) is 5.77. The molecule has 1 spiro atoms. The standard InChI is InChI=1S/C13H16ClN/c14-11-4-1-3-10-9(11)5-6-12(15)13(10)7-2-8-13/h1,3-4,12H,2,5-8,15H2. The van der Waals surface area contributed by atoms with Gasteiger partial charge in [0.05, 0.1) is 0 Å². The first-order chi connectivity index (χ1) is 7.24. The Labute approximate surface area is 95.6 Å². The van der Waals surface area contributed by atoms with Crippen LogP contribution in [0.4, 0.5) is 0 Å². The predicted molar refractivity (Wildman–Crippen MR) is 63.3 cm³/mol. The van der Waals surface area contributed by atoms with Crippen LogP contribution in [0.2, 0.25) is 5.02 Å². The minimum Gasteiger partial charge on any atom is -0.327 e. The lowest BCUT2D eigenvalue weighted by Gasteiger charge is -2.50. The van der Waals surface area contributed by atoms with Crippen LogP contribution in [0.1, 0.15) is 36.8 Å². The van der Waals surface area contributed by atoms with Crippen molar-refractivity contribution in [2.75, 3.05) is 0 Å². The normalized spacial score (nSPS) is 27.2. The van der Waals surface area contributed by atoms with Gasteiger partial charge in [-0.15, -0.1) is 0 Å². The van der Waals surface area contributed by atoms with Gasteiger partial charge < -0.3 is 5.73 Å². The Morgan fingerprint density at radius 3 is 2.80 bits per heavy atom. The summed E-state index contributed by atoms with van der Waals surface area (Å²) < 4.78 is 0. The van der Waals surface area contributed by atoms with E-state index < -0.39 is 0 Å². The highest BCUT2D eigenvalue weighted by molar-refractivity contribution is 6.31. The molecule has 80 valence electrons. The minimum atomic E-state index is 0.276. The Hall–Kier alpha value is -0.530. The van der Waals surface area contributed by atoms with Crippen LogP contribution >= 0.6 is 11.6 Å². The van der Waals surface area contributed by atoms with Crippen molar-refractivity contribution in [3.8, 4) is 0 Å². The second kappa shape index (κ2) is 3.23. The predicted octanol–water partition coefficient (Wildman–Crippen LogP) is 3.04. The van der Waals surface area contributed by atoms with Crippen molar-refractivity contribution in [3.63, 3.8) is 0 Å². The van der Waals surface area contributed by atoms with Crippen LogP contribution in [-0.2, 0) is 11.8 Å². The lowest BCUT2D eigenvalue weighted by molar-refractivity contribution is 0.176. The van der Waals surface area contributed by atoms with Gasteiger partial charge in [-0.2, -0.15) is 0 Å². The zero-order valence-electron chi connectivity index (χ0n) is 8.80. The summed E-state index contributed by atoms with van der Waals surface area (Å²) in [6, 6.07) is 6.65. The largest absolute Gasteiger partial charge is 0.327 e. The molecule has 3 rings (SSSR count). The smallest absolute Gasteiger partial charge is 0.0440 e. The highest BCUT2D eigenvalue weighted by Crippen LogP contribution is 2.51. The first kappa shape index (κ1) is 9.68. The molecule has 0 radical (unpaired) electrons. The van der Waals surface area contributed by atoms with Crippen molar-refractivity contribution in [2.45, 2.75) is 43.6 Å². The summed E-state index contributed by atoms with van der Waals surface area (Å²) in [7, 11) is 0. The molecule has 2 heteroatoms. The van der Waals surface area contributed by atoms with E-state index in [1.165, 1.54) is 30.4 Å². The van der Waals surface area contributed by atoms with Crippen LogP contribution in [0.3, 0.4) is 0 Å². The summed E-state index contributed by atoms with van der Waals surface area (Å²) >= 11 is 6.26. The molecule has 2 aliphatic rings. The van der Waals surface area contributed by atoms with Gasteiger partial charge >= 0.3 is 0 Å². The zero-order chi connectivity index (χ0) is 10.5. The number of hydrogen-bond acceptors (Lipinski definition) is 1. The molecule has 1 saturated carbocycles. The van der Waals surface area contributed by atoms with E-state index in [-0.39, 0.29) is 5.41 Å². The number of fused-ring (bicyclic) bond motifs is 2. The molecule has 1 unspecified atom stereocenters. The first-order valence-corrected chi connectivity index (χ1v) is 6.15. The van der Waals surface area contributed by atoms with E-state index in [4.69, 9.17) is 17.3 Å². The maximum atomic E-state index is 6.30. The SMILES string of the molecule is NC1CCc2c(Cl)cccc2C12CCC2. The van der Waals surface area contributed by atoms with Gasteiger partial charge in [0.25, 0.3) is 0 Å². The second-order valence-electron chi connectivity index (χ2n) is 4.92. The molecule has 0 aliphatic heterocycles. The molecule has 1 nitrogen and oxygen atoms in total. The summed E-state index contributed by atoms with van der Waals surface area (Å²) in [5, 5.41) is 0.936.